The molecular weight excluding hydrogens is 290 g/mol. The number of hydrogen-bond acceptors (Lipinski definition) is 4. The summed E-state index contributed by atoms with van der Waals surface area (Å²) in [6.07, 6.45) is 0. The quantitative estimate of drug-likeness (QED) is 0.853. The van der Waals surface area contributed by atoms with Gasteiger partial charge in [0.15, 0.2) is 0 Å². The maximum Gasteiger partial charge on any atom is 0.257 e. The van der Waals surface area contributed by atoms with Crippen molar-refractivity contribution in [2.24, 2.45) is 0 Å². The van der Waals surface area contributed by atoms with Crippen LogP contribution in [0, 0.1) is 11.3 Å². The number of hydrogen-bond donors (Lipinski definition) is 2. The van der Waals surface area contributed by atoms with Gasteiger partial charge in [0.05, 0.1) is 23.3 Å². The largest absolute Gasteiger partial charge is 0.497 e. The van der Waals surface area contributed by atoms with E-state index < -0.39 is 0 Å². The number of anilines is 2. The summed E-state index contributed by atoms with van der Waals surface area (Å²) in [6.45, 7) is 0. The number of rotatable bonds is 3. The third-order valence-corrected chi connectivity index (χ3v) is 3.18. The first-order valence-corrected chi connectivity index (χ1v) is 6.37. The molecule has 0 spiro atoms. The van der Waals surface area contributed by atoms with E-state index in [2.05, 4.69) is 5.32 Å². The minimum Gasteiger partial charge on any atom is -0.497 e. The van der Waals surface area contributed by atoms with E-state index in [4.69, 9.17) is 27.3 Å². The number of halogens is 1. The number of nitrogens with zero attached hydrogens (tertiary/aromatic N) is 1. The zero-order valence-corrected chi connectivity index (χ0v) is 11.9. The van der Waals surface area contributed by atoms with Crippen LogP contribution >= 0.6 is 11.6 Å². The summed E-state index contributed by atoms with van der Waals surface area (Å²) in [7, 11) is 1.52. The highest BCUT2D eigenvalue weighted by atomic mass is 35.5. The molecule has 2 rings (SSSR count). The highest BCUT2D eigenvalue weighted by Gasteiger charge is 2.11. The fraction of sp³-hybridized carbons (Fsp3) is 0.0667. The molecular formula is C15H12ClN3O2. The van der Waals surface area contributed by atoms with E-state index in [0.29, 0.717) is 27.7 Å². The number of methoxy groups -OCH3 is 1. The molecule has 1 amide bonds. The fourth-order valence-electron chi connectivity index (χ4n) is 1.76. The number of nitriles is 1. The van der Waals surface area contributed by atoms with Crippen LogP contribution in [0.2, 0.25) is 5.02 Å². The summed E-state index contributed by atoms with van der Waals surface area (Å²) >= 11 is 5.84. The van der Waals surface area contributed by atoms with Gasteiger partial charge >= 0.3 is 0 Å². The molecule has 6 heteroatoms. The van der Waals surface area contributed by atoms with Gasteiger partial charge in [-0.15, -0.1) is 0 Å². The molecule has 3 N–H and O–H groups in total. The van der Waals surface area contributed by atoms with Crippen molar-refractivity contribution in [2.45, 2.75) is 0 Å². The van der Waals surface area contributed by atoms with Gasteiger partial charge < -0.3 is 15.8 Å². The fourth-order valence-corrected chi connectivity index (χ4v) is 1.92. The van der Waals surface area contributed by atoms with Crippen LogP contribution in [-0.4, -0.2) is 13.0 Å². The second-order valence-electron chi connectivity index (χ2n) is 4.21. The lowest BCUT2D eigenvalue weighted by Gasteiger charge is -2.09. The first-order chi connectivity index (χ1) is 10.0. The summed E-state index contributed by atoms with van der Waals surface area (Å²) in [5, 5.41) is 11.9. The molecule has 0 aliphatic heterocycles. The Bertz CT molecular complexity index is 738. The molecule has 2 aromatic rings. The van der Waals surface area contributed by atoms with Gasteiger partial charge in [-0.2, -0.15) is 5.26 Å². The number of amides is 1. The van der Waals surface area contributed by atoms with Crippen molar-refractivity contribution in [1.82, 2.24) is 0 Å². The Kier molecular flexibility index (Phi) is 4.31. The Labute approximate surface area is 126 Å². The molecule has 0 saturated carbocycles. The van der Waals surface area contributed by atoms with E-state index in [-0.39, 0.29) is 11.5 Å². The van der Waals surface area contributed by atoms with E-state index in [1.54, 1.807) is 30.3 Å². The van der Waals surface area contributed by atoms with Crippen molar-refractivity contribution in [3.63, 3.8) is 0 Å². The first kappa shape index (κ1) is 14.7. The van der Waals surface area contributed by atoms with Crippen LogP contribution in [0.4, 0.5) is 11.4 Å². The zero-order chi connectivity index (χ0) is 15.4. The molecule has 0 aliphatic carbocycles. The molecule has 21 heavy (non-hydrogen) atoms. The second kappa shape index (κ2) is 6.16. The molecule has 0 saturated heterocycles. The van der Waals surface area contributed by atoms with Gasteiger partial charge in [-0.1, -0.05) is 11.6 Å². The number of carbonyl (C=O) groups is 1. The van der Waals surface area contributed by atoms with Gasteiger partial charge in [0, 0.05) is 17.4 Å². The lowest BCUT2D eigenvalue weighted by molar-refractivity contribution is 0.102. The molecule has 106 valence electrons. The molecule has 5 nitrogen and oxygen atoms in total. The summed E-state index contributed by atoms with van der Waals surface area (Å²) in [4.78, 5) is 12.2. The lowest BCUT2D eigenvalue weighted by atomic mass is 10.1. The SMILES string of the molecule is COc1ccc(C(=O)Nc2ccc(Cl)c(C#N)c2)c(N)c1. The van der Waals surface area contributed by atoms with Gasteiger partial charge in [-0.05, 0) is 30.3 Å². The van der Waals surface area contributed by atoms with Crippen LogP contribution in [0.5, 0.6) is 5.75 Å². The Morgan fingerprint density at radius 3 is 2.71 bits per heavy atom. The Morgan fingerprint density at radius 1 is 1.33 bits per heavy atom. The summed E-state index contributed by atoms with van der Waals surface area (Å²) in [6, 6.07) is 11.4. The highest BCUT2D eigenvalue weighted by Crippen LogP contribution is 2.23. The lowest BCUT2D eigenvalue weighted by Crippen LogP contribution is -2.14. The number of nitrogen functional groups attached to an aromatic ring is 1. The van der Waals surface area contributed by atoms with E-state index in [9.17, 15) is 4.79 Å². The van der Waals surface area contributed by atoms with Gasteiger partial charge in [-0.25, -0.2) is 0 Å². The predicted molar refractivity (Wildman–Crippen MR) is 81.5 cm³/mol. The Morgan fingerprint density at radius 2 is 2.10 bits per heavy atom. The van der Waals surface area contributed by atoms with Crippen LogP contribution in [0.15, 0.2) is 36.4 Å². The van der Waals surface area contributed by atoms with Crippen molar-refractivity contribution in [2.75, 3.05) is 18.2 Å². The van der Waals surface area contributed by atoms with E-state index >= 15 is 0 Å². The molecule has 0 radical (unpaired) electrons. The molecule has 0 aliphatic rings. The minimum absolute atomic E-state index is 0.289. The van der Waals surface area contributed by atoms with Crippen LogP contribution in [0.3, 0.4) is 0 Å². The molecule has 0 heterocycles. The normalized spacial score (nSPS) is 9.76. The summed E-state index contributed by atoms with van der Waals surface area (Å²) < 4.78 is 5.03. The second-order valence-corrected chi connectivity index (χ2v) is 4.62. The monoisotopic (exact) mass is 301 g/mol. The van der Waals surface area contributed by atoms with Crippen molar-refractivity contribution in [1.29, 1.82) is 5.26 Å². The molecule has 2 aromatic carbocycles. The number of nitrogens with two attached hydrogens (primary N) is 1. The van der Waals surface area contributed by atoms with Crippen LogP contribution in [0.1, 0.15) is 15.9 Å². The average Bonchev–Trinajstić information content (AvgIpc) is 2.48. The Balaban J connectivity index is 2.24. The number of nitrogens with one attached hydrogen (secondary N) is 1. The smallest absolute Gasteiger partial charge is 0.257 e. The maximum atomic E-state index is 12.2. The topological polar surface area (TPSA) is 88.1 Å². The van der Waals surface area contributed by atoms with Crippen LogP contribution < -0.4 is 15.8 Å². The summed E-state index contributed by atoms with van der Waals surface area (Å²) in [5.74, 6) is 0.198. The van der Waals surface area contributed by atoms with E-state index in [1.165, 1.54) is 13.2 Å². The minimum atomic E-state index is -0.374. The van der Waals surface area contributed by atoms with E-state index in [0.717, 1.165) is 0 Å². The average molecular weight is 302 g/mol. The van der Waals surface area contributed by atoms with Gasteiger partial charge in [0.1, 0.15) is 11.8 Å². The Hall–Kier alpha value is -2.71. The summed E-state index contributed by atoms with van der Waals surface area (Å²) in [5.41, 5.74) is 7.21. The standard InChI is InChI=1S/C15H12ClN3O2/c1-21-11-3-4-12(14(18)7-11)15(20)19-10-2-5-13(16)9(6-10)8-17/h2-7H,18H2,1H3,(H,19,20). The van der Waals surface area contributed by atoms with Gasteiger partial charge in [0.25, 0.3) is 5.91 Å². The van der Waals surface area contributed by atoms with Gasteiger partial charge in [-0.3, -0.25) is 4.79 Å². The van der Waals surface area contributed by atoms with Crippen molar-refractivity contribution in [3.8, 4) is 11.8 Å². The van der Waals surface area contributed by atoms with Crippen molar-refractivity contribution in [3.05, 3.63) is 52.5 Å². The number of benzene rings is 2. The predicted octanol–water partition coefficient (Wildman–Crippen LogP) is 3.05. The maximum absolute atomic E-state index is 12.2. The third-order valence-electron chi connectivity index (χ3n) is 2.85. The highest BCUT2D eigenvalue weighted by molar-refractivity contribution is 6.31. The molecule has 0 bridgehead atoms. The first-order valence-electron chi connectivity index (χ1n) is 5.99. The molecule has 0 fully saturated rings. The third kappa shape index (κ3) is 3.25. The van der Waals surface area contributed by atoms with Gasteiger partial charge in [0.2, 0.25) is 0 Å². The van der Waals surface area contributed by atoms with Crippen molar-refractivity contribution < 1.29 is 9.53 Å². The molecule has 0 aromatic heterocycles. The van der Waals surface area contributed by atoms with E-state index in [1.807, 2.05) is 6.07 Å². The molecule has 0 unspecified atom stereocenters. The van der Waals surface area contributed by atoms with Crippen molar-refractivity contribution >= 4 is 28.9 Å². The number of carbonyl (C=O) groups excluding carboxylic acids is 1. The van der Waals surface area contributed by atoms with Crippen LogP contribution in [0.25, 0.3) is 0 Å². The van der Waals surface area contributed by atoms with Crippen LogP contribution in [-0.2, 0) is 0 Å². The number of ether oxygens (including phenoxy) is 1. The molecule has 0 atom stereocenters. The zero-order valence-electron chi connectivity index (χ0n) is 11.2.